The maximum atomic E-state index is 5.50. The highest BCUT2D eigenvalue weighted by Gasteiger charge is 2.31. The van der Waals surface area contributed by atoms with E-state index in [1.807, 2.05) is 0 Å². The Labute approximate surface area is 112 Å². The van der Waals surface area contributed by atoms with Gasteiger partial charge in [-0.05, 0) is 41.1 Å². The van der Waals surface area contributed by atoms with Crippen molar-refractivity contribution in [2.24, 2.45) is 17.0 Å². The van der Waals surface area contributed by atoms with Crippen LogP contribution in [0.5, 0.6) is 0 Å². The van der Waals surface area contributed by atoms with Crippen LogP contribution in [0.3, 0.4) is 0 Å². The van der Waals surface area contributed by atoms with E-state index in [2.05, 4.69) is 53.2 Å². The van der Waals surface area contributed by atoms with Gasteiger partial charge in [0.2, 0.25) is 0 Å². The quantitative estimate of drug-likeness (QED) is 0.657. The molecule has 1 aliphatic carbocycles. The van der Waals surface area contributed by atoms with Gasteiger partial charge in [0, 0.05) is 6.42 Å². The average Bonchev–Trinajstić information content (AvgIpc) is 2.65. The Hall–Kier alpha value is -0.570. The summed E-state index contributed by atoms with van der Waals surface area (Å²) in [4.78, 5) is 5.50. The zero-order valence-corrected chi connectivity index (χ0v) is 12.1. The minimum atomic E-state index is 0.227. The highest BCUT2D eigenvalue weighted by Crippen LogP contribution is 2.30. The first kappa shape index (κ1) is 12.9. The third-order valence-corrected chi connectivity index (χ3v) is 4.28. The average molecular weight is 298 g/mol. The Morgan fingerprint density at radius 3 is 3.00 bits per heavy atom. The number of oxime groups is 1. The van der Waals surface area contributed by atoms with Gasteiger partial charge in [-0.3, -0.25) is 0 Å². The Bertz CT molecular complexity index is 357. The Balaban J connectivity index is 2.11. The summed E-state index contributed by atoms with van der Waals surface area (Å²) in [6.07, 6.45) is 11.5. The molecule has 2 atom stereocenters. The van der Waals surface area contributed by atoms with Crippen molar-refractivity contribution >= 4 is 20.6 Å². The molecule has 0 radical (unpaired) electrons. The molecule has 0 aromatic heterocycles. The molecule has 0 spiro atoms. The van der Waals surface area contributed by atoms with E-state index in [1.54, 1.807) is 0 Å². The van der Waals surface area contributed by atoms with Gasteiger partial charge in [-0.1, -0.05) is 42.8 Å². The molecule has 0 saturated carbocycles. The molecule has 0 bridgehead atoms. The largest absolute Gasteiger partial charge is 0.391 e. The van der Waals surface area contributed by atoms with Gasteiger partial charge >= 0.3 is 0 Å². The summed E-state index contributed by atoms with van der Waals surface area (Å²) in [5.74, 6) is 1.05. The number of nitrogens with zero attached hydrogens (tertiary/aromatic N) is 1. The van der Waals surface area contributed by atoms with E-state index >= 15 is 0 Å². The summed E-state index contributed by atoms with van der Waals surface area (Å²) in [7, 11) is 0. The van der Waals surface area contributed by atoms with E-state index in [4.69, 9.17) is 4.84 Å². The van der Waals surface area contributed by atoms with Crippen LogP contribution >= 0.6 is 15.9 Å². The third kappa shape index (κ3) is 3.21. The number of rotatable bonds is 1. The van der Waals surface area contributed by atoms with Gasteiger partial charge in [-0.15, -0.1) is 0 Å². The molecule has 0 unspecified atom stereocenters. The molecule has 17 heavy (non-hydrogen) atoms. The van der Waals surface area contributed by atoms with E-state index < -0.39 is 0 Å². The fraction of sp³-hybridized carbons (Fsp3) is 0.643. The number of hydrogen-bond acceptors (Lipinski definition) is 2. The molecule has 2 nitrogen and oxygen atoms in total. The van der Waals surface area contributed by atoms with Crippen LogP contribution in [0.25, 0.3) is 0 Å². The summed E-state index contributed by atoms with van der Waals surface area (Å²) in [5.41, 5.74) is 1.51. The van der Waals surface area contributed by atoms with Crippen molar-refractivity contribution in [2.75, 3.05) is 0 Å². The molecule has 2 aliphatic rings. The molecule has 0 fully saturated rings. The van der Waals surface area contributed by atoms with E-state index in [9.17, 15) is 0 Å². The van der Waals surface area contributed by atoms with E-state index in [0.717, 1.165) is 30.3 Å². The van der Waals surface area contributed by atoms with Gasteiger partial charge in [-0.25, -0.2) is 0 Å². The number of hydrogen-bond donors (Lipinski definition) is 0. The molecular formula is C14H20BrNO. The highest BCUT2D eigenvalue weighted by molar-refractivity contribution is 9.18. The predicted molar refractivity (Wildman–Crippen MR) is 75.3 cm³/mol. The van der Waals surface area contributed by atoms with Gasteiger partial charge in [-0.2, -0.15) is 0 Å². The lowest BCUT2D eigenvalue weighted by Gasteiger charge is -2.18. The first-order chi connectivity index (χ1) is 8.18. The summed E-state index contributed by atoms with van der Waals surface area (Å²) in [6.45, 7) is 4.51. The van der Waals surface area contributed by atoms with Crippen molar-refractivity contribution in [3.8, 4) is 0 Å². The Morgan fingerprint density at radius 1 is 1.41 bits per heavy atom. The number of halogens is 1. The van der Waals surface area contributed by atoms with Gasteiger partial charge in [0.05, 0.1) is 5.92 Å². The summed E-state index contributed by atoms with van der Waals surface area (Å²) < 4.78 is 0.982. The fourth-order valence-electron chi connectivity index (χ4n) is 2.36. The monoisotopic (exact) mass is 297 g/mol. The van der Waals surface area contributed by atoms with Gasteiger partial charge in [0.1, 0.15) is 10.7 Å². The molecule has 0 saturated heterocycles. The molecule has 0 amide bonds. The lowest BCUT2D eigenvalue weighted by Crippen LogP contribution is -2.20. The highest BCUT2D eigenvalue weighted by atomic mass is 79.9. The maximum Gasteiger partial charge on any atom is 0.140 e. The van der Waals surface area contributed by atoms with E-state index in [1.165, 1.54) is 5.57 Å². The fourth-order valence-corrected chi connectivity index (χ4v) is 2.97. The van der Waals surface area contributed by atoms with Crippen LogP contribution in [0.1, 0.15) is 39.5 Å². The topological polar surface area (TPSA) is 21.6 Å². The number of allylic oxidation sites excluding steroid dienone is 3. The number of fused-ring (bicyclic) bond motifs is 1. The second-order valence-corrected chi connectivity index (χ2v) is 5.90. The Morgan fingerprint density at radius 2 is 2.24 bits per heavy atom. The first-order valence-corrected chi connectivity index (χ1v) is 7.21. The van der Waals surface area contributed by atoms with Crippen LogP contribution in [0.2, 0.25) is 0 Å². The molecule has 0 N–H and O–H groups in total. The van der Waals surface area contributed by atoms with Crippen LogP contribution < -0.4 is 0 Å². The zero-order valence-electron chi connectivity index (χ0n) is 10.5. The van der Waals surface area contributed by atoms with Crippen LogP contribution in [0.4, 0.5) is 0 Å². The van der Waals surface area contributed by atoms with E-state index in [0.29, 0.717) is 11.8 Å². The van der Waals surface area contributed by atoms with Gasteiger partial charge in [0.25, 0.3) is 0 Å². The molecule has 0 aromatic rings. The minimum absolute atomic E-state index is 0.227. The second-order valence-electron chi connectivity index (χ2n) is 5.09. The van der Waals surface area contributed by atoms with Crippen molar-refractivity contribution in [1.82, 2.24) is 0 Å². The predicted octanol–water partition coefficient (Wildman–Crippen LogP) is 4.42. The maximum absolute atomic E-state index is 5.50. The third-order valence-electron chi connectivity index (χ3n) is 3.55. The molecule has 1 aliphatic heterocycles. The lowest BCUT2D eigenvalue weighted by molar-refractivity contribution is 0.0622. The van der Waals surface area contributed by atoms with Crippen LogP contribution in [0.15, 0.2) is 29.0 Å². The van der Waals surface area contributed by atoms with Crippen molar-refractivity contribution in [3.63, 3.8) is 0 Å². The zero-order chi connectivity index (χ0) is 12.3. The van der Waals surface area contributed by atoms with Crippen LogP contribution in [-0.4, -0.2) is 10.7 Å². The van der Waals surface area contributed by atoms with Crippen molar-refractivity contribution < 1.29 is 4.84 Å². The van der Waals surface area contributed by atoms with Crippen LogP contribution in [0, 0.1) is 11.8 Å². The van der Waals surface area contributed by atoms with Crippen molar-refractivity contribution in [2.45, 2.75) is 45.6 Å². The first-order valence-electron chi connectivity index (χ1n) is 6.41. The standard InChI is InChI=1S/C14H20BrNO/c1-10(2)11-6-4-3-5-7-12-13(9-8-11)17-16-14(12)15/h3-4,8,10,12-13H,5-7,9H2,1-2H3/b4-3-,11-8+/t12-,13-/m0/s1. The SMILES string of the molecule is CC(C)/C1=C/C[C@@H]2ON=C(Br)[C@H]2CC/C=C\C1. The molecular weight excluding hydrogens is 278 g/mol. The molecule has 1 heterocycles. The van der Waals surface area contributed by atoms with Gasteiger partial charge in [0.15, 0.2) is 0 Å². The Kier molecular flexibility index (Phi) is 4.43. The summed E-state index contributed by atoms with van der Waals surface area (Å²) in [6, 6.07) is 0. The van der Waals surface area contributed by atoms with Crippen LogP contribution in [-0.2, 0) is 4.84 Å². The molecule has 94 valence electrons. The molecule has 2 rings (SSSR count). The van der Waals surface area contributed by atoms with Crippen molar-refractivity contribution in [1.29, 1.82) is 0 Å². The van der Waals surface area contributed by atoms with E-state index in [-0.39, 0.29) is 6.10 Å². The second kappa shape index (κ2) is 5.85. The smallest absolute Gasteiger partial charge is 0.140 e. The van der Waals surface area contributed by atoms with Gasteiger partial charge < -0.3 is 4.84 Å². The molecule has 0 aromatic carbocycles. The molecule has 3 heteroatoms. The minimum Gasteiger partial charge on any atom is -0.391 e. The lowest BCUT2D eigenvalue weighted by atomic mass is 9.91. The summed E-state index contributed by atoms with van der Waals surface area (Å²) >= 11 is 3.51. The van der Waals surface area contributed by atoms with Crippen molar-refractivity contribution in [3.05, 3.63) is 23.8 Å². The summed E-state index contributed by atoms with van der Waals surface area (Å²) in [5, 5.41) is 4.08. The normalized spacial score (nSPS) is 34.4.